The molecule has 0 spiro atoms. The summed E-state index contributed by atoms with van der Waals surface area (Å²) in [5.74, 6) is 1.43. The van der Waals surface area contributed by atoms with E-state index in [2.05, 4.69) is 13.0 Å². The maximum Gasteiger partial charge on any atom is 0.303 e. The SMILES string of the molecule is COc1ccc2c(c1C)CC(CC(=O)O)CCS2. The molecule has 98 valence electrons. The number of methoxy groups -OCH3 is 1. The van der Waals surface area contributed by atoms with Crippen LogP contribution in [0, 0.1) is 12.8 Å². The Hall–Kier alpha value is -1.16. The van der Waals surface area contributed by atoms with Gasteiger partial charge in [-0.2, -0.15) is 0 Å². The second-order valence-electron chi connectivity index (χ2n) is 4.67. The topological polar surface area (TPSA) is 46.5 Å². The van der Waals surface area contributed by atoms with Crippen molar-refractivity contribution in [2.45, 2.75) is 31.1 Å². The normalized spacial score (nSPS) is 18.9. The Bertz CT molecular complexity index is 457. The van der Waals surface area contributed by atoms with E-state index in [1.165, 1.54) is 10.5 Å². The first-order valence-corrected chi connectivity index (χ1v) is 7.11. The number of carbonyl (C=O) groups is 1. The predicted octanol–water partition coefficient (Wildman–Crippen LogP) is 3.13. The molecule has 0 fully saturated rings. The van der Waals surface area contributed by atoms with Crippen molar-refractivity contribution in [3.8, 4) is 5.75 Å². The summed E-state index contributed by atoms with van der Waals surface area (Å²) in [6, 6.07) is 4.09. The van der Waals surface area contributed by atoms with Crippen LogP contribution in [0.1, 0.15) is 24.0 Å². The Balaban J connectivity index is 2.30. The van der Waals surface area contributed by atoms with Gasteiger partial charge < -0.3 is 9.84 Å². The third kappa shape index (κ3) is 2.80. The Morgan fingerprint density at radius 3 is 3.00 bits per heavy atom. The Morgan fingerprint density at radius 1 is 1.56 bits per heavy atom. The average Bonchev–Trinajstić information content (AvgIpc) is 2.51. The van der Waals surface area contributed by atoms with Gasteiger partial charge >= 0.3 is 5.97 Å². The number of carboxylic acid groups (broad SMARTS) is 1. The fourth-order valence-corrected chi connectivity index (χ4v) is 3.71. The zero-order valence-corrected chi connectivity index (χ0v) is 11.5. The molecule has 1 atom stereocenters. The summed E-state index contributed by atoms with van der Waals surface area (Å²) in [6.45, 7) is 2.06. The molecule has 1 heterocycles. The third-order valence-electron chi connectivity index (χ3n) is 3.47. The molecule has 0 radical (unpaired) electrons. The zero-order valence-electron chi connectivity index (χ0n) is 10.7. The van der Waals surface area contributed by atoms with E-state index >= 15 is 0 Å². The maximum absolute atomic E-state index is 10.9. The van der Waals surface area contributed by atoms with Crippen molar-refractivity contribution in [3.05, 3.63) is 23.3 Å². The van der Waals surface area contributed by atoms with Crippen molar-refractivity contribution in [1.29, 1.82) is 0 Å². The lowest BCUT2D eigenvalue weighted by Crippen LogP contribution is -2.11. The molecule has 0 amide bonds. The van der Waals surface area contributed by atoms with Crippen LogP contribution in [-0.2, 0) is 11.2 Å². The highest BCUT2D eigenvalue weighted by Gasteiger charge is 2.22. The van der Waals surface area contributed by atoms with Crippen LogP contribution in [0.2, 0.25) is 0 Å². The lowest BCUT2D eigenvalue weighted by molar-refractivity contribution is -0.138. The van der Waals surface area contributed by atoms with Crippen LogP contribution in [0.15, 0.2) is 17.0 Å². The summed E-state index contributed by atoms with van der Waals surface area (Å²) in [6.07, 6.45) is 2.07. The van der Waals surface area contributed by atoms with E-state index in [0.717, 1.165) is 29.9 Å². The van der Waals surface area contributed by atoms with Gasteiger partial charge in [0.25, 0.3) is 0 Å². The number of benzene rings is 1. The predicted molar refractivity (Wildman–Crippen MR) is 72.5 cm³/mol. The van der Waals surface area contributed by atoms with Gasteiger partial charge in [-0.3, -0.25) is 4.79 Å². The lowest BCUT2D eigenvalue weighted by Gasteiger charge is -2.15. The van der Waals surface area contributed by atoms with Gasteiger partial charge in [0.2, 0.25) is 0 Å². The second-order valence-corrected chi connectivity index (χ2v) is 5.81. The second kappa shape index (κ2) is 5.65. The molecule has 2 rings (SSSR count). The first-order valence-electron chi connectivity index (χ1n) is 6.13. The summed E-state index contributed by atoms with van der Waals surface area (Å²) in [5, 5.41) is 8.94. The molecule has 0 saturated carbocycles. The molecule has 1 N–H and O–H groups in total. The van der Waals surface area contributed by atoms with Crippen molar-refractivity contribution in [3.63, 3.8) is 0 Å². The van der Waals surface area contributed by atoms with Crippen molar-refractivity contribution in [2.24, 2.45) is 5.92 Å². The number of rotatable bonds is 3. The minimum Gasteiger partial charge on any atom is -0.496 e. The van der Waals surface area contributed by atoms with E-state index in [1.807, 2.05) is 17.8 Å². The summed E-state index contributed by atoms with van der Waals surface area (Å²) in [4.78, 5) is 12.1. The molecule has 4 heteroatoms. The number of thioether (sulfide) groups is 1. The molecule has 1 aromatic rings. The Kier molecular flexibility index (Phi) is 4.17. The van der Waals surface area contributed by atoms with Crippen molar-refractivity contribution in [1.82, 2.24) is 0 Å². The monoisotopic (exact) mass is 266 g/mol. The van der Waals surface area contributed by atoms with Crippen LogP contribution in [0.5, 0.6) is 5.75 Å². The van der Waals surface area contributed by atoms with Crippen LogP contribution in [0.4, 0.5) is 0 Å². The van der Waals surface area contributed by atoms with Gasteiger partial charge in [-0.25, -0.2) is 0 Å². The highest BCUT2D eigenvalue weighted by Crippen LogP contribution is 2.37. The first kappa shape index (κ1) is 13.3. The number of carboxylic acids is 1. The number of hydrogen-bond donors (Lipinski definition) is 1. The van der Waals surface area contributed by atoms with Crippen LogP contribution >= 0.6 is 11.8 Å². The number of aliphatic carboxylic acids is 1. The van der Waals surface area contributed by atoms with E-state index in [-0.39, 0.29) is 12.3 Å². The maximum atomic E-state index is 10.9. The minimum absolute atomic E-state index is 0.238. The molecule has 1 aliphatic heterocycles. The molecule has 3 nitrogen and oxygen atoms in total. The number of ether oxygens (including phenoxy) is 1. The molecular weight excluding hydrogens is 248 g/mol. The molecule has 0 saturated heterocycles. The Morgan fingerprint density at radius 2 is 2.33 bits per heavy atom. The number of fused-ring (bicyclic) bond motifs is 1. The highest BCUT2D eigenvalue weighted by molar-refractivity contribution is 7.99. The van der Waals surface area contributed by atoms with E-state index in [4.69, 9.17) is 9.84 Å². The van der Waals surface area contributed by atoms with Gasteiger partial charge in [0.05, 0.1) is 7.11 Å². The van der Waals surface area contributed by atoms with Gasteiger partial charge in [-0.15, -0.1) is 11.8 Å². The molecule has 1 aliphatic rings. The van der Waals surface area contributed by atoms with Gasteiger partial charge in [0.1, 0.15) is 5.75 Å². The summed E-state index contributed by atoms with van der Waals surface area (Å²) >= 11 is 1.83. The van der Waals surface area contributed by atoms with E-state index in [0.29, 0.717) is 0 Å². The Labute approximate surface area is 112 Å². The van der Waals surface area contributed by atoms with Crippen LogP contribution in [0.3, 0.4) is 0 Å². The standard InChI is InChI=1S/C14H18O3S/c1-9-11-7-10(8-14(15)16)5-6-18-13(11)4-3-12(9)17-2/h3-4,10H,5-8H2,1-2H3,(H,15,16). The zero-order chi connectivity index (χ0) is 13.1. The van der Waals surface area contributed by atoms with Crippen LogP contribution < -0.4 is 4.74 Å². The van der Waals surface area contributed by atoms with Crippen molar-refractivity contribution < 1.29 is 14.6 Å². The largest absolute Gasteiger partial charge is 0.496 e. The molecule has 0 aromatic heterocycles. The van der Waals surface area contributed by atoms with Crippen molar-refractivity contribution in [2.75, 3.05) is 12.9 Å². The van der Waals surface area contributed by atoms with E-state index in [9.17, 15) is 4.79 Å². The molecular formula is C14H18O3S. The summed E-state index contributed by atoms with van der Waals surface area (Å²) in [5.41, 5.74) is 2.42. The van der Waals surface area contributed by atoms with E-state index < -0.39 is 5.97 Å². The fourth-order valence-electron chi connectivity index (χ4n) is 2.47. The molecule has 0 aliphatic carbocycles. The van der Waals surface area contributed by atoms with Gasteiger partial charge in [-0.05, 0) is 54.7 Å². The average molecular weight is 266 g/mol. The fraction of sp³-hybridized carbons (Fsp3) is 0.500. The van der Waals surface area contributed by atoms with Crippen LogP contribution in [-0.4, -0.2) is 23.9 Å². The first-order chi connectivity index (χ1) is 8.61. The summed E-state index contributed by atoms with van der Waals surface area (Å²) < 4.78 is 5.34. The van der Waals surface area contributed by atoms with Gasteiger partial charge in [0, 0.05) is 11.3 Å². The van der Waals surface area contributed by atoms with Crippen LogP contribution in [0.25, 0.3) is 0 Å². The van der Waals surface area contributed by atoms with E-state index in [1.54, 1.807) is 7.11 Å². The lowest BCUT2D eigenvalue weighted by atomic mass is 9.91. The quantitative estimate of drug-likeness (QED) is 0.913. The highest BCUT2D eigenvalue weighted by atomic mass is 32.2. The minimum atomic E-state index is -0.700. The molecule has 1 aromatic carbocycles. The van der Waals surface area contributed by atoms with Crippen molar-refractivity contribution >= 4 is 17.7 Å². The van der Waals surface area contributed by atoms with Gasteiger partial charge in [-0.1, -0.05) is 0 Å². The number of hydrogen-bond acceptors (Lipinski definition) is 3. The third-order valence-corrected chi connectivity index (χ3v) is 4.60. The summed E-state index contributed by atoms with van der Waals surface area (Å²) in [7, 11) is 1.67. The molecule has 0 bridgehead atoms. The molecule has 1 unspecified atom stereocenters. The molecule has 18 heavy (non-hydrogen) atoms. The van der Waals surface area contributed by atoms with Gasteiger partial charge in [0.15, 0.2) is 0 Å². The smallest absolute Gasteiger partial charge is 0.303 e.